The largest absolute Gasteiger partial charge is 0.481 e. The quantitative estimate of drug-likeness (QED) is 0.577. The van der Waals surface area contributed by atoms with Crippen LogP contribution in [0.1, 0.15) is 91.9 Å². The zero-order valence-corrected chi connectivity index (χ0v) is 19.5. The van der Waals surface area contributed by atoms with Gasteiger partial charge in [0.15, 0.2) is 0 Å². The highest BCUT2D eigenvalue weighted by Gasteiger charge is 2.64. The van der Waals surface area contributed by atoms with E-state index in [0.717, 1.165) is 32.1 Å². The number of hydrogen-bond acceptors (Lipinski definition) is 3. The van der Waals surface area contributed by atoms with Crippen LogP contribution in [0, 0.1) is 52.3 Å². The Kier molecular flexibility index (Phi) is 6.07. The van der Waals surface area contributed by atoms with Crippen LogP contribution in [-0.2, 0) is 4.79 Å². The number of carboxylic acid groups (broad SMARTS) is 1. The van der Waals surface area contributed by atoms with Crippen molar-refractivity contribution in [1.82, 2.24) is 0 Å². The summed E-state index contributed by atoms with van der Waals surface area (Å²) in [5.74, 6) is 2.58. The fourth-order valence-electron chi connectivity index (χ4n) is 9.48. The lowest BCUT2D eigenvalue weighted by molar-refractivity contribution is -0.203. The Labute approximate surface area is 182 Å². The summed E-state index contributed by atoms with van der Waals surface area (Å²) in [7, 11) is 0. The van der Waals surface area contributed by atoms with Crippen molar-refractivity contribution < 1.29 is 20.1 Å². The Morgan fingerprint density at radius 3 is 2.33 bits per heavy atom. The maximum Gasteiger partial charge on any atom is 0.303 e. The van der Waals surface area contributed by atoms with Gasteiger partial charge in [-0.25, -0.2) is 0 Å². The molecule has 3 N–H and O–H groups in total. The second-order valence-electron chi connectivity index (χ2n) is 12.0. The summed E-state index contributed by atoms with van der Waals surface area (Å²) in [6, 6.07) is 0. The molecule has 0 heterocycles. The van der Waals surface area contributed by atoms with E-state index in [4.69, 9.17) is 5.11 Å². The third-order valence-electron chi connectivity index (χ3n) is 11.0. The first kappa shape index (κ1) is 22.6. The van der Waals surface area contributed by atoms with E-state index in [-0.39, 0.29) is 29.5 Å². The van der Waals surface area contributed by atoms with Crippen LogP contribution in [0.15, 0.2) is 0 Å². The molecule has 4 aliphatic carbocycles. The van der Waals surface area contributed by atoms with E-state index in [9.17, 15) is 15.0 Å². The fourth-order valence-corrected chi connectivity index (χ4v) is 9.48. The van der Waals surface area contributed by atoms with Gasteiger partial charge in [-0.1, -0.05) is 34.1 Å². The van der Waals surface area contributed by atoms with E-state index >= 15 is 0 Å². The number of aliphatic hydroxyl groups excluding tert-OH is 2. The Balaban J connectivity index is 1.61. The molecule has 0 amide bonds. The first-order valence-corrected chi connectivity index (χ1v) is 12.7. The molecule has 4 aliphatic rings. The molecule has 30 heavy (non-hydrogen) atoms. The van der Waals surface area contributed by atoms with Crippen molar-refractivity contribution >= 4 is 5.97 Å². The highest BCUT2D eigenvalue weighted by atomic mass is 16.4. The molecule has 0 spiro atoms. The summed E-state index contributed by atoms with van der Waals surface area (Å²) < 4.78 is 0. The molecule has 0 radical (unpaired) electrons. The second kappa shape index (κ2) is 8.06. The summed E-state index contributed by atoms with van der Waals surface area (Å²) >= 11 is 0. The van der Waals surface area contributed by atoms with Crippen LogP contribution in [0.25, 0.3) is 0 Å². The predicted molar refractivity (Wildman–Crippen MR) is 118 cm³/mol. The van der Waals surface area contributed by atoms with Crippen LogP contribution in [0.3, 0.4) is 0 Å². The molecule has 0 saturated heterocycles. The molecule has 0 aromatic carbocycles. The number of aliphatic carboxylic acids is 1. The van der Waals surface area contributed by atoms with Gasteiger partial charge in [0.1, 0.15) is 0 Å². The van der Waals surface area contributed by atoms with Gasteiger partial charge in [0.2, 0.25) is 0 Å². The van der Waals surface area contributed by atoms with Crippen LogP contribution >= 0.6 is 0 Å². The number of carboxylic acids is 1. The lowest BCUT2D eigenvalue weighted by atomic mass is 9.41. The summed E-state index contributed by atoms with van der Waals surface area (Å²) in [6.07, 6.45) is 9.27. The lowest BCUT2D eigenvalue weighted by Crippen LogP contribution is -2.62. The van der Waals surface area contributed by atoms with Gasteiger partial charge in [-0.3, -0.25) is 4.79 Å². The number of aliphatic hydroxyl groups is 2. The molecule has 0 aromatic heterocycles. The first-order chi connectivity index (χ1) is 14.1. The molecule has 4 rings (SSSR count). The van der Waals surface area contributed by atoms with Crippen LogP contribution in [0.5, 0.6) is 0 Å². The van der Waals surface area contributed by atoms with E-state index in [1.54, 1.807) is 0 Å². The van der Waals surface area contributed by atoms with Crippen molar-refractivity contribution in [2.24, 2.45) is 52.3 Å². The molecule has 4 heteroatoms. The molecule has 0 aromatic rings. The van der Waals surface area contributed by atoms with E-state index in [1.165, 1.54) is 25.7 Å². The molecule has 11 atom stereocenters. The van der Waals surface area contributed by atoms with Gasteiger partial charge < -0.3 is 15.3 Å². The van der Waals surface area contributed by atoms with Crippen LogP contribution in [-0.4, -0.2) is 33.5 Å². The van der Waals surface area contributed by atoms with Gasteiger partial charge in [-0.05, 0) is 104 Å². The molecular formula is C26H44O4. The van der Waals surface area contributed by atoms with E-state index in [1.807, 2.05) is 0 Å². The SMILES string of the molecule is CC[C@H]1[C@@H](O)C2[C@@H]3CC[C@H]([C@H](C)CCC(=O)O)C3(C)CC[C@@H]2[C@]2(C)CC[C@@H](O)C[C@@H]12. The molecule has 4 fully saturated rings. The Morgan fingerprint density at radius 1 is 1.00 bits per heavy atom. The van der Waals surface area contributed by atoms with Crippen molar-refractivity contribution in [2.75, 3.05) is 0 Å². The maximum atomic E-state index is 11.7. The minimum atomic E-state index is -0.683. The number of rotatable bonds is 5. The molecule has 2 unspecified atom stereocenters. The fraction of sp³-hybridized carbons (Fsp3) is 0.962. The maximum absolute atomic E-state index is 11.7. The summed E-state index contributed by atoms with van der Waals surface area (Å²) in [4.78, 5) is 11.1. The molecule has 172 valence electrons. The predicted octanol–water partition coefficient (Wildman–Crippen LogP) is 5.11. The Hall–Kier alpha value is -0.610. The standard InChI is InChI=1S/C26H44O4/c1-5-17-21-14-16(27)10-12-26(21,4)20-11-13-25(3)18(15(2)6-9-22(28)29)7-8-19(25)23(20)24(17)30/h15-21,23-24,27,30H,5-14H2,1-4H3,(H,28,29)/t15-,16-,17-,18-,19+,20+,21+,23?,24-,25?,26+/m1/s1. The first-order valence-electron chi connectivity index (χ1n) is 12.7. The number of fused-ring (bicyclic) bond motifs is 5. The third kappa shape index (κ3) is 3.36. The number of hydrogen-bond donors (Lipinski definition) is 3. The summed E-state index contributed by atoms with van der Waals surface area (Å²) in [6.45, 7) is 9.44. The minimum absolute atomic E-state index is 0.194. The van der Waals surface area contributed by atoms with Gasteiger partial charge in [0.05, 0.1) is 12.2 Å². The van der Waals surface area contributed by atoms with Crippen LogP contribution in [0.4, 0.5) is 0 Å². The molecule has 4 nitrogen and oxygen atoms in total. The van der Waals surface area contributed by atoms with Gasteiger partial charge in [0, 0.05) is 6.42 Å². The van der Waals surface area contributed by atoms with Gasteiger partial charge in [-0.2, -0.15) is 0 Å². The van der Waals surface area contributed by atoms with Gasteiger partial charge in [0.25, 0.3) is 0 Å². The van der Waals surface area contributed by atoms with Crippen LogP contribution < -0.4 is 0 Å². The molecule has 4 saturated carbocycles. The zero-order chi connectivity index (χ0) is 21.8. The van der Waals surface area contributed by atoms with Gasteiger partial charge in [-0.15, -0.1) is 0 Å². The smallest absolute Gasteiger partial charge is 0.303 e. The third-order valence-corrected chi connectivity index (χ3v) is 11.0. The van der Waals surface area contributed by atoms with Crippen molar-refractivity contribution in [3.63, 3.8) is 0 Å². The van der Waals surface area contributed by atoms with Crippen molar-refractivity contribution in [3.8, 4) is 0 Å². The van der Waals surface area contributed by atoms with Crippen molar-refractivity contribution in [2.45, 2.75) is 104 Å². The van der Waals surface area contributed by atoms with Crippen LogP contribution in [0.2, 0.25) is 0 Å². The summed E-state index contributed by atoms with van der Waals surface area (Å²) in [5.41, 5.74) is 0.480. The summed E-state index contributed by atoms with van der Waals surface area (Å²) in [5, 5.41) is 31.3. The van der Waals surface area contributed by atoms with E-state index in [0.29, 0.717) is 41.4 Å². The Bertz CT molecular complexity index is 649. The lowest BCUT2D eigenvalue weighted by Gasteiger charge is -2.64. The number of carbonyl (C=O) groups is 1. The van der Waals surface area contributed by atoms with E-state index in [2.05, 4.69) is 27.7 Å². The second-order valence-corrected chi connectivity index (χ2v) is 12.0. The van der Waals surface area contributed by atoms with E-state index < -0.39 is 5.97 Å². The molecular weight excluding hydrogens is 376 g/mol. The average Bonchev–Trinajstić information content (AvgIpc) is 3.05. The highest BCUT2D eigenvalue weighted by molar-refractivity contribution is 5.66. The molecule has 0 aliphatic heterocycles. The topological polar surface area (TPSA) is 77.8 Å². The normalized spacial score (nSPS) is 51.5. The highest BCUT2D eigenvalue weighted by Crippen LogP contribution is 2.69. The van der Waals surface area contributed by atoms with Crippen molar-refractivity contribution in [3.05, 3.63) is 0 Å². The van der Waals surface area contributed by atoms with Crippen molar-refractivity contribution in [1.29, 1.82) is 0 Å². The zero-order valence-electron chi connectivity index (χ0n) is 19.5. The molecule has 0 bridgehead atoms. The average molecular weight is 421 g/mol. The monoisotopic (exact) mass is 420 g/mol. The Morgan fingerprint density at radius 2 is 1.67 bits per heavy atom. The minimum Gasteiger partial charge on any atom is -0.481 e. The van der Waals surface area contributed by atoms with Gasteiger partial charge >= 0.3 is 5.97 Å².